The van der Waals surface area contributed by atoms with Gasteiger partial charge in [-0.2, -0.15) is 0 Å². The molecule has 2 aromatic rings. The quantitative estimate of drug-likeness (QED) is 0.728. The summed E-state index contributed by atoms with van der Waals surface area (Å²) < 4.78 is 5.25. The SMILES string of the molecule is COc1ccccc1CC(CNC(=O)CCc1ccccn1)C(=O)O. The Balaban J connectivity index is 1.86. The van der Waals surface area contributed by atoms with Gasteiger partial charge in [0.25, 0.3) is 0 Å². The standard InChI is InChI=1S/C19H22N2O4/c1-25-17-8-3-2-6-14(17)12-15(19(23)24)13-21-18(22)10-9-16-7-4-5-11-20-16/h2-8,11,15H,9-10,12-13H2,1H3,(H,21,22)(H,23,24). The van der Waals surface area contributed by atoms with Crippen LogP contribution < -0.4 is 10.1 Å². The van der Waals surface area contributed by atoms with Gasteiger partial charge in [0, 0.05) is 24.9 Å². The summed E-state index contributed by atoms with van der Waals surface area (Å²) in [6.45, 7) is 0.0778. The van der Waals surface area contributed by atoms with Gasteiger partial charge in [0.2, 0.25) is 5.91 Å². The van der Waals surface area contributed by atoms with Gasteiger partial charge >= 0.3 is 5.97 Å². The Labute approximate surface area is 146 Å². The van der Waals surface area contributed by atoms with Crippen molar-refractivity contribution in [2.24, 2.45) is 5.92 Å². The van der Waals surface area contributed by atoms with Gasteiger partial charge in [-0.05, 0) is 36.6 Å². The molecule has 0 saturated heterocycles. The molecule has 6 heteroatoms. The molecule has 0 aliphatic heterocycles. The molecule has 0 radical (unpaired) electrons. The highest BCUT2D eigenvalue weighted by atomic mass is 16.5. The largest absolute Gasteiger partial charge is 0.496 e. The molecule has 1 atom stereocenters. The van der Waals surface area contributed by atoms with Crippen LogP contribution in [0.5, 0.6) is 5.75 Å². The van der Waals surface area contributed by atoms with E-state index >= 15 is 0 Å². The van der Waals surface area contributed by atoms with Crippen LogP contribution in [0.25, 0.3) is 0 Å². The summed E-state index contributed by atoms with van der Waals surface area (Å²) in [5.41, 5.74) is 1.64. The number of hydrogen-bond donors (Lipinski definition) is 2. The van der Waals surface area contributed by atoms with Crippen molar-refractivity contribution in [2.75, 3.05) is 13.7 Å². The minimum atomic E-state index is -0.948. The fourth-order valence-corrected chi connectivity index (χ4v) is 2.50. The number of ether oxygens (including phenoxy) is 1. The molecule has 0 aliphatic carbocycles. The predicted octanol–water partition coefficient (Wildman–Crippen LogP) is 2.08. The van der Waals surface area contributed by atoms with E-state index in [4.69, 9.17) is 4.74 Å². The molecule has 2 rings (SSSR count). The third kappa shape index (κ3) is 5.91. The number of aliphatic carboxylic acids is 1. The maximum Gasteiger partial charge on any atom is 0.308 e. The van der Waals surface area contributed by atoms with Crippen LogP contribution in [0.15, 0.2) is 48.7 Å². The zero-order chi connectivity index (χ0) is 18.1. The Morgan fingerprint density at radius 1 is 1.20 bits per heavy atom. The van der Waals surface area contributed by atoms with Crippen LogP contribution in [-0.2, 0) is 22.4 Å². The van der Waals surface area contributed by atoms with Crippen LogP contribution in [0.4, 0.5) is 0 Å². The van der Waals surface area contributed by atoms with Gasteiger partial charge in [0.1, 0.15) is 5.75 Å². The Kier molecular flexibility index (Phi) is 6.95. The summed E-state index contributed by atoms with van der Waals surface area (Å²) in [6.07, 6.45) is 2.77. The summed E-state index contributed by atoms with van der Waals surface area (Å²) in [5, 5.41) is 12.1. The smallest absolute Gasteiger partial charge is 0.308 e. The molecule has 1 heterocycles. The van der Waals surface area contributed by atoms with E-state index in [1.807, 2.05) is 36.4 Å². The van der Waals surface area contributed by atoms with Crippen LogP contribution in [0, 0.1) is 5.92 Å². The molecular weight excluding hydrogens is 320 g/mol. The van der Waals surface area contributed by atoms with Gasteiger partial charge in [-0.25, -0.2) is 0 Å². The van der Waals surface area contributed by atoms with Crippen LogP contribution in [0.1, 0.15) is 17.7 Å². The molecular formula is C19H22N2O4. The molecule has 1 aromatic heterocycles. The first-order valence-electron chi connectivity index (χ1n) is 8.11. The topological polar surface area (TPSA) is 88.5 Å². The number of aromatic nitrogens is 1. The Morgan fingerprint density at radius 3 is 2.64 bits per heavy atom. The molecule has 0 saturated carbocycles. The van der Waals surface area contributed by atoms with Crippen LogP contribution >= 0.6 is 0 Å². The van der Waals surface area contributed by atoms with Crippen LogP contribution in [0.2, 0.25) is 0 Å². The van der Waals surface area contributed by atoms with E-state index in [9.17, 15) is 14.7 Å². The molecule has 1 unspecified atom stereocenters. The van der Waals surface area contributed by atoms with Gasteiger partial charge in [0.05, 0.1) is 13.0 Å². The molecule has 25 heavy (non-hydrogen) atoms. The average Bonchev–Trinajstić information content (AvgIpc) is 2.64. The second kappa shape index (κ2) is 9.42. The highest BCUT2D eigenvalue weighted by Gasteiger charge is 2.20. The van der Waals surface area contributed by atoms with E-state index in [1.165, 1.54) is 0 Å². The second-order valence-electron chi connectivity index (χ2n) is 5.68. The van der Waals surface area contributed by atoms with Crippen molar-refractivity contribution in [3.8, 4) is 5.75 Å². The zero-order valence-corrected chi connectivity index (χ0v) is 14.1. The molecule has 132 valence electrons. The number of pyridine rings is 1. The van der Waals surface area contributed by atoms with Crippen molar-refractivity contribution in [1.29, 1.82) is 0 Å². The number of hydrogen-bond acceptors (Lipinski definition) is 4. The van der Waals surface area contributed by atoms with E-state index in [0.717, 1.165) is 11.3 Å². The molecule has 1 aromatic carbocycles. The summed E-state index contributed by atoms with van der Waals surface area (Å²) in [4.78, 5) is 27.6. The number of carbonyl (C=O) groups is 2. The highest BCUT2D eigenvalue weighted by molar-refractivity contribution is 5.77. The van der Waals surface area contributed by atoms with E-state index in [0.29, 0.717) is 18.6 Å². The number of benzene rings is 1. The molecule has 6 nitrogen and oxygen atoms in total. The normalized spacial score (nSPS) is 11.6. The van der Waals surface area contributed by atoms with Crippen molar-refractivity contribution in [2.45, 2.75) is 19.3 Å². The summed E-state index contributed by atoms with van der Waals surface area (Å²) in [7, 11) is 1.55. The molecule has 2 N–H and O–H groups in total. The number of aryl methyl sites for hydroxylation is 1. The number of amides is 1. The van der Waals surface area contributed by atoms with Crippen LogP contribution in [0.3, 0.4) is 0 Å². The Bertz CT molecular complexity index is 704. The van der Waals surface area contributed by atoms with Gasteiger partial charge < -0.3 is 15.2 Å². The summed E-state index contributed by atoms with van der Waals surface area (Å²) >= 11 is 0. The fraction of sp³-hybridized carbons (Fsp3) is 0.316. The molecule has 1 amide bonds. The Hall–Kier alpha value is -2.89. The van der Waals surface area contributed by atoms with Gasteiger partial charge in [-0.3, -0.25) is 14.6 Å². The molecule has 0 fully saturated rings. The minimum Gasteiger partial charge on any atom is -0.496 e. The number of methoxy groups -OCH3 is 1. The van der Waals surface area contributed by atoms with Gasteiger partial charge in [0.15, 0.2) is 0 Å². The van der Waals surface area contributed by atoms with Gasteiger partial charge in [-0.1, -0.05) is 24.3 Å². The third-order valence-electron chi connectivity index (χ3n) is 3.89. The van der Waals surface area contributed by atoms with Crippen molar-refractivity contribution < 1.29 is 19.4 Å². The van der Waals surface area contributed by atoms with Crippen molar-refractivity contribution in [1.82, 2.24) is 10.3 Å². The van der Waals surface area contributed by atoms with E-state index in [-0.39, 0.29) is 18.9 Å². The van der Waals surface area contributed by atoms with Crippen LogP contribution in [-0.4, -0.2) is 35.6 Å². The first-order valence-corrected chi connectivity index (χ1v) is 8.11. The monoisotopic (exact) mass is 342 g/mol. The first-order chi connectivity index (χ1) is 12.1. The lowest BCUT2D eigenvalue weighted by Gasteiger charge is -2.15. The second-order valence-corrected chi connectivity index (χ2v) is 5.68. The lowest BCUT2D eigenvalue weighted by Crippen LogP contribution is -2.34. The number of para-hydroxylation sites is 1. The lowest BCUT2D eigenvalue weighted by atomic mass is 9.98. The maximum absolute atomic E-state index is 12.0. The van der Waals surface area contributed by atoms with E-state index in [1.54, 1.807) is 19.4 Å². The number of nitrogens with one attached hydrogen (secondary N) is 1. The molecule has 0 spiro atoms. The number of rotatable bonds is 9. The minimum absolute atomic E-state index is 0.0778. The first kappa shape index (κ1) is 18.4. The summed E-state index contributed by atoms with van der Waals surface area (Å²) in [5.74, 6) is -1.20. The van der Waals surface area contributed by atoms with Crippen molar-refractivity contribution in [3.63, 3.8) is 0 Å². The number of carboxylic acids is 1. The van der Waals surface area contributed by atoms with Crippen molar-refractivity contribution in [3.05, 3.63) is 59.9 Å². The molecule has 0 bridgehead atoms. The summed E-state index contributed by atoms with van der Waals surface area (Å²) in [6, 6.07) is 12.8. The number of nitrogens with zero attached hydrogens (tertiary/aromatic N) is 1. The van der Waals surface area contributed by atoms with E-state index in [2.05, 4.69) is 10.3 Å². The highest BCUT2D eigenvalue weighted by Crippen LogP contribution is 2.21. The fourth-order valence-electron chi connectivity index (χ4n) is 2.50. The number of carboxylic acid groups (broad SMARTS) is 1. The van der Waals surface area contributed by atoms with Crippen molar-refractivity contribution >= 4 is 11.9 Å². The lowest BCUT2D eigenvalue weighted by molar-refractivity contribution is -0.141. The zero-order valence-electron chi connectivity index (χ0n) is 14.1. The van der Waals surface area contributed by atoms with Gasteiger partial charge in [-0.15, -0.1) is 0 Å². The van der Waals surface area contributed by atoms with E-state index < -0.39 is 11.9 Å². The third-order valence-corrected chi connectivity index (χ3v) is 3.89. The Morgan fingerprint density at radius 2 is 1.96 bits per heavy atom. The average molecular weight is 342 g/mol. The maximum atomic E-state index is 12.0. The molecule has 0 aliphatic rings. The predicted molar refractivity (Wildman–Crippen MR) is 93.4 cm³/mol. The number of carbonyl (C=O) groups excluding carboxylic acids is 1.